The second-order valence-electron chi connectivity index (χ2n) is 5.61. The number of benzene rings is 2. The Morgan fingerprint density at radius 3 is 2.38 bits per heavy atom. The zero-order valence-corrected chi connectivity index (χ0v) is 14.3. The number of hydrogen-bond acceptors (Lipinski definition) is 4. The number of methoxy groups -OCH3 is 2. The molecule has 2 aromatic carbocycles. The first-order valence-corrected chi connectivity index (χ1v) is 7.71. The molecule has 0 saturated carbocycles. The molecule has 0 radical (unpaired) electrons. The fraction of sp³-hybridized carbons (Fsp3) is 0.211. The molecule has 26 heavy (non-hydrogen) atoms. The van der Waals surface area contributed by atoms with E-state index in [4.69, 9.17) is 14.2 Å². The van der Waals surface area contributed by atoms with Crippen LogP contribution in [0.2, 0.25) is 0 Å². The van der Waals surface area contributed by atoms with Crippen molar-refractivity contribution in [2.24, 2.45) is 0 Å². The molecule has 1 heterocycles. The van der Waals surface area contributed by atoms with Crippen LogP contribution in [0.5, 0.6) is 23.1 Å². The van der Waals surface area contributed by atoms with Crippen LogP contribution in [0.3, 0.4) is 0 Å². The van der Waals surface area contributed by atoms with Gasteiger partial charge in [0.05, 0.1) is 25.3 Å². The topological polar surface area (TPSA) is 40.6 Å². The van der Waals surface area contributed by atoms with Crippen molar-refractivity contribution in [3.63, 3.8) is 0 Å². The summed E-state index contributed by atoms with van der Waals surface area (Å²) in [5.41, 5.74) is 0.558. The molecule has 0 fully saturated rings. The van der Waals surface area contributed by atoms with Gasteiger partial charge in [0, 0.05) is 10.9 Å². The average Bonchev–Trinajstić information content (AvgIpc) is 2.61. The predicted molar refractivity (Wildman–Crippen MR) is 91.1 cm³/mol. The lowest BCUT2D eigenvalue weighted by atomic mass is 10.1. The first kappa shape index (κ1) is 17.8. The third-order valence-corrected chi connectivity index (χ3v) is 3.85. The molecule has 0 bridgehead atoms. The largest absolute Gasteiger partial charge is 0.493 e. The molecule has 7 heteroatoms. The number of pyridine rings is 1. The monoisotopic (exact) mass is 363 g/mol. The van der Waals surface area contributed by atoms with Gasteiger partial charge >= 0.3 is 6.18 Å². The SMILES string of the molecule is COc1ccc2nc(OC)c(C)cc2c1Oc1cccc(C(F)(F)F)c1. The number of hydrogen-bond donors (Lipinski definition) is 0. The van der Waals surface area contributed by atoms with Gasteiger partial charge in [0.15, 0.2) is 11.5 Å². The van der Waals surface area contributed by atoms with E-state index in [-0.39, 0.29) is 5.75 Å². The molecular formula is C19H16F3NO3. The average molecular weight is 363 g/mol. The normalized spacial score (nSPS) is 11.5. The lowest BCUT2D eigenvalue weighted by molar-refractivity contribution is -0.137. The van der Waals surface area contributed by atoms with E-state index in [1.165, 1.54) is 26.4 Å². The molecule has 3 rings (SSSR count). The third-order valence-electron chi connectivity index (χ3n) is 3.85. The summed E-state index contributed by atoms with van der Waals surface area (Å²) < 4.78 is 55.1. The van der Waals surface area contributed by atoms with Crippen molar-refractivity contribution in [1.82, 2.24) is 4.98 Å². The Labute approximate surface area is 148 Å². The van der Waals surface area contributed by atoms with Crippen molar-refractivity contribution in [1.29, 1.82) is 0 Å². The van der Waals surface area contributed by atoms with Gasteiger partial charge in [-0.3, -0.25) is 0 Å². The first-order valence-electron chi connectivity index (χ1n) is 7.71. The minimum Gasteiger partial charge on any atom is -0.493 e. The van der Waals surface area contributed by atoms with Crippen LogP contribution in [0.25, 0.3) is 10.9 Å². The molecule has 0 aliphatic carbocycles. The molecule has 0 N–H and O–H groups in total. The lowest BCUT2D eigenvalue weighted by Crippen LogP contribution is -2.04. The highest BCUT2D eigenvalue weighted by Gasteiger charge is 2.30. The number of ether oxygens (including phenoxy) is 3. The van der Waals surface area contributed by atoms with Crippen molar-refractivity contribution in [2.45, 2.75) is 13.1 Å². The number of fused-ring (bicyclic) bond motifs is 1. The van der Waals surface area contributed by atoms with Crippen LogP contribution in [-0.2, 0) is 6.18 Å². The van der Waals surface area contributed by atoms with Crippen LogP contribution < -0.4 is 14.2 Å². The minimum absolute atomic E-state index is 0.0547. The van der Waals surface area contributed by atoms with E-state index in [2.05, 4.69) is 4.98 Å². The van der Waals surface area contributed by atoms with Crippen LogP contribution in [0.15, 0.2) is 42.5 Å². The summed E-state index contributed by atoms with van der Waals surface area (Å²) >= 11 is 0. The molecule has 0 unspecified atom stereocenters. The molecule has 0 spiro atoms. The minimum atomic E-state index is -4.45. The van der Waals surface area contributed by atoms with Crippen LogP contribution in [0.4, 0.5) is 13.2 Å². The van der Waals surface area contributed by atoms with E-state index in [0.717, 1.165) is 17.7 Å². The molecular weight excluding hydrogens is 347 g/mol. The van der Waals surface area contributed by atoms with Crippen molar-refractivity contribution in [2.75, 3.05) is 14.2 Å². The molecule has 0 saturated heterocycles. The molecule has 0 aliphatic heterocycles. The lowest BCUT2D eigenvalue weighted by Gasteiger charge is -2.15. The van der Waals surface area contributed by atoms with E-state index in [1.807, 2.05) is 6.92 Å². The molecule has 0 atom stereocenters. The fourth-order valence-corrected chi connectivity index (χ4v) is 2.61. The van der Waals surface area contributed by atoms with Gasteiger partial charge in [-0.05, 0) is 43.3 Å². The van der Waals surface area contributed by atoms with Crippen molar-refractivity contribution in [3.05, 3.63) is 53.6 Å². The molecule has 3 aromatic rings. The second-order valence-corrected chi connectivity index (χ2v) is 5.61. The van der Waals surface area contributed by atoms with Gasteiger partial charge in [0.1, 0.15) is 5.75 Å². The number of aromatic nitrogens is 1. The van der Waals surface area contributed by atoms with E-state index >= 15 is 0 Å². The summed E-state index contributed by atoms with van der Waals surface area (Å²) in [5.74, 6) is 1.20. The van der Waals surface area contributed by atoms with E-state index < -0.39 is 11.7 Å². The van der Waals surface area contributed by atoms with Crippen LogP contribution in [-0.4, -0.2) is 19.2 Å². The third kappa shape index (κ3) is 3.37. The van der Waals surface area contributed by atoms with Gasteiger partial charge in [-0.15, -0.1) is 0 Å². The Kier molecular flexibility index (Phi) is 4.63. The van der Waals surface area contributed by atoms with Gasteiger partial charge in [0.25, 0.3) is 0 Å². The van der Waals surface area contributed by atoms with E-state index in [9.17, 15) is 13.2 Å². The summed E-state index contributed by atoms with van der Waals surface area (Å²) in [6, 6.07) is 9.86. The smallest absolute Gasteiger partial charge is 0.416 e. The zero-order chi connectivity index (χ0) is 18.9. The number of rotatable bonds is 4. The highest BCUT2D eigenvalue weighted by Crippen LogP contribution is 2.40. The number of halogens is 3. The molecule has 1 aromatic heterocycles. The Balaban J connectivity index is 2.13. The summed E-state index contributed by atoms with van der Waals surface area (Å²) in [6.07, 6.45) is -4.45. The first-order chi connectivity index (χ1) is 12.3. The van der Waals surface area contributed by atoms with Crippen LogP contribution in [0, 0.1) is 6.92 Å². The van der Waals surface area contributed by atoms with Gasteiger partial charge < -0.3 is 14.2 Å². The summed E-state index contributed by atoms with van der Waals surface area (Å²) in [6.45, 7) is 1.82. The van der Waals surface area contributed by atoms with Crippen molar-refractivity contribution in [3.8, 4) is 23.1 Å². The van der Waals surface area contributed by atoms with E-state index in [1.54, 1.807) is 18.2 Å². The maximum atomic E-state index is 12.9. The number of nitrogens with zero attached hydrogens (tertiary/aromatic N) is 1. The maximum absolute atomic E-state index is 12.9. The molecule has 4 nitrogen and oxygen atoms in total. The molecule has 136 valence electrons. The van der Waals surface area contributed by atoms with Crippen LogP contribution in [0.1, 0.15) is 11.1 Å². The second kappa shape index (κ2) is 6.74. The Morgan fingerprint density at radius 2 is 1.73 bits per heavy atom. The number of alkyl halides is 3. The quantitative estimate of drug-likeness (QED) is 0.625. The number of aryl methyl sites for hydroxylation is 1. The van der Waals surface area contributed by atoms with Crippen molar-refractivity contribution >= 4 is 10.9 Å². The zero-order valence-electron chi connectivity index (χ0n) is 14.3. The fourth-order valence-electron chi connectivity index (χ4n) is 2.61. The van der Waals surface area contributed by atoms with Gasteiger partial charge in [-0.2, -0.15) is 13.2 Å². The van der Waals surface area contributed by atoms with Gasteiger partial charge in [-0.1, -0.05) is 6.07 Å². The summed E-state index contributed by atoms with van der Waals surface area (Å²) in [7, 11) is 2.98. The van der Waals surface area contributed by atoms with Gasteiger partial charge in [-0.25, -0.2) is 4.98 Å². The molecule has 0 aliphatic rings. The van der Waals surface area contributed by atoms with Crippen molar-refractivity contribution < 1.29 is 27.4 Å². The van der Waals surface area contributed by atoms with E-state index in [0.29, 0.717) is 28.3 Å². The highest BCUT2D eigenvalue weighted by molar-refractivity contribution is 5.89. The Morgan fingerprint density at radius 1 is 0.962 bits per heavy atom. The standard InChI is InChI=1S/C19H16F3NO3/c1-11-9-14-15(23-18(11)25-3)7-8-16(24-2)17(14)26-13-6-4-5-12(10-13)19(20,21)22/h4-10H,1-3H3. The summed E-state index contributed by atoms with van der Waals surface area (Å²) in [4.78, 5) is 4.39. The summed E-state index contributed by atoms with van der Waals surface area (Å²) in [5, 5.41) is 0.611. The predicted octanol–water partition coefficient (Wildman–Crippen LogP) is 5.37. The molecule has 0 amide bonds. The van der Waals surface area contributed by atoms with Crippen LogP contribution >= 0.6 is 0 Å². The Bertz CT molecular complexity index is 955. The van der Waals surface area contributed by atoms with Gasteiger partial charge in [0.2, 0.25) is 5.88 Å². The maximum Gasteiger partial charge on any atom is 0.416 e. The highest BCUT2D eigenvalue weighted by atomic mass is 19.4. The Hall–Kier alpha value is -2.96.